The molecule has 8 heteroatoms. The minimum atomic E-state index is -0.629. The van der Waals surface area contributed by atoms with E-state index in [-0.39, 0.29) is 19.0 Å². The maximum atomic E-state index is 11.0. The number of primary amides is 1. The largest absolute Gasteiger partial charge is 1.00 e. The molecular formula is C19H22ClN3O4. The van der Waals surface area contributed by atoms with E-state index in [1.54, 1.807) is 48.5 Å². The van der Waals surface area contributed by atoms with Gasteiger partial charge in [0.15, 0.2) is 0 Å². The molecule has 0 fully saturated rings. The van der Waals surface area contributed by atoms with Crippen LogP contribution in [0.2, 0.25) is 0 Å². The summed E-state index contributed by atoms with van der Waals surface area (Å²) in [5.74, 6) is 0.746. The molecular weight excluding hydrogens is 370 g/mol. The van der Waals surface area contributed by atoms with Crippen molar-refractivity contribution in [1.82, 2.24) is 0 Å². The highest BCUT2D eigenvalue weighted by atomic mass is 35.5. The molecule has 0 saturated heterocycles. The average Bonchev–Trinajstić information content (AvgIpc) is 2.66. The number of carbonyl (C=O) groups is 1. The summed E-state index contributed by atoms with van der Waals surface area (Å²) in [5, 5.41) is 20.7. The number of aliphatic hydroxyl groups excluding tert-OH is 1. The average molecular weight is 392 g/mol. The fourth-order valence-corrected chi connectivity index (χ4v) is 2.20. The Hall–Kier alpha value is -2.79. The lowest BCUT2D eigenvalue weighted by Gasteiger charge is -2.12. The van der Waals surface area contributed by atoms with Crippen LogP contribution >= 0.6 is 0 Å². The Morgan fingerprint density at radius 2 is 1.93 bits per heavy atom. The highest BCUT2D eigenvalue weighted by Crippen LogP contribution is 2.13. The molecule has 27 heavy (non-hydrogen) atoms. The van der Waals surface area contributed by atoms with E-state index < -0.39 is 12.0 Å². The van der Waals surface area contributed by atoms with Crippen molar-refractivity contribution in [3.05, 3.63) is 59.7 Å². The van der Waals surface area contributed by atoms with Gasteiger partial charge in [-0.1, -0.05) is 6.07 Å². The van der Waals surface area contributed by atoms with Crippen LogP contribution in [-0.4, -0.2) is 43.4 Å². The Labute approximate surface area is 164 Å². The summed E-state index contributed by atoms with van der Waals surface area (Å²) < 4.78 is 11.0. The normalized spacial score (nSPS) is 11.0. The number of aliphatic hydroxyl groups is 1. The number of quaternary nitrogens is 1. The molecule has 5 N–H and O–H groups in total. The van der Waals surface area contributed by atoms with E-state index in [2.05, 4.69) is 0 Å². The van der Waals surface area contributed by atoms with Crippen molar-refractivity contribution < 1.29 is 37.1 Å². The van der Waals surface area contributed by atoms with Crippen LogP contribution in [0.25, 0.3) is 0 Å². The second-order valence-corrected chi connectivity index (χ2v) is 5.65. The summed E-state index contributed by atoms with van der Waals surface area (Å²) >= 11 is 0. The van der Waals surface area contributed by atoms with E-state index in [1.807, 2.05) is 11.4 Å². The second-order valence-electron chi connectivity index (χ2n) is 5.65. The summed E-state index contributed by atoms with van der Waals surface area (Å²) in [5.41, 5.74) is 6.13. The Kier molecular flexibility index (Phi) is 9.69. The van der Waals surface area contributed by atoms with Gasteiger partial charge < -0.3 is 38.0 Å². The molecule has 0 spiro atoms. The molecule has 0 bridgehead atoms. The molecule has 0 radical (unpaired) electrons. The molecule has 2 rings (SSSR count). The lowest BCUT2D eigenvalue weighted by Crippen LogP contribution is -3.00. The highest BCUT2D eigenvalue weighted by Gasteiger charge is 2.08. The number of nitriles is 1. The van der Waals surface area contributed by atoms with Gasteiger partial charge in [0, 0.05) is 5.56 Å². The Bertz CT molecular complexity index is 762. The van der Waals surface area contributed by atoms with Gasteiger partial charge in [-0.15, -0.1) is 0 Å². The van der Waals surface area contributed by atoms with E-state index in [4.69, 9.17) is 20.5 Å². The van der Waals surface area contributed by atoms with Crippen LogP contribution in [-0.2, 0) is 0 Å². The SMILES string of the molecule is N#Cc1cccc(OCC(O)C[NH2+]CCOc2ccc(C(N)=O)cc2)c1.[Cl-]. The lowest BCUT2D eigenvalue weighted by atomic mass is 10.2. The fraction of sp³-hybridized carbons (Fsp3) is 0.263. The standard InChI is InChI=1S/C19H21N3O4.ClH/c20-11-14-2-1-3-18(10-14)26-13-16(23)12-22-8-9-25-17-6-4-15(5-7-17)19(21)24;/h1-7,10,16,22-23H,8-9,12-13H2,(H2,21,24);1H. The summed E-state index contributed by atoms with van der Waals surface area (Å²) in [6, 6.07) is 15.5. The zero-order valence-corrected chi connectivity index (χ0v) is 15.4. The van der Waals surface area contributed by atoms with Gasteiger partial charge in [-0.2, -0.15) is 5.26 Å². The number of hydrogen-bond acceptors (Lipinski definition) is 5. The fourth-order valence-electron chi connectivity index (χ4n) is 2.20. The molecule has 0 heterocycles. The van der Waals surface area contributed by atoms with E-state index in [0.29, 0.717) is 42.3 Å². The maximum Gasteiger partial charge on any atom is 0.248 e. The molecule has 2 aromatic rings. The number of amides is 1. The molecule has 0 aliphatic heterocycles. The number of nitrogens with two attached hydrogens (primary N) is 2. The first-order valence-corrected chi connectivity index (χ1v) is 8.24. The molecule has 2 aromatic carbocycles. The predicted molar refractivity (Wildman–Crippen MR) is 94.8 cm³/mol. The maximum absolute atomic E-state index is 11.0. The summed E-state index contributed by atoms with van der Waals surface area (Å²) in [4.78, 5) is 11.0. The number of halogens is 1. The van der Waals surface area contributed by atoms with Crippen molar-refractivity contribution in [1.29, 1.82) is 5.26 Å². The first kappa shape index (κ1) is 22.3. The number of ether oxygens (including phenoxy) is 2. The predicted octanol–water partition coefficient (Wildman–Crippen LogP) is -2.96. The number of benzene rings is 2. The second kappa shape index (κ2) is 11.8. The summed E-state index contributed by atoms with van der Waals surface area (Å²) in [6.45, 7) is 1.76. The van der Waals surface area contributed by atoms with Crippen molar-refractivity contribution in [2.45, 2.75) is 6.10 Å². The van der Waals surface area contributed by atoms with Crippen molar-refractivity contribution in [2.75, 3.05) is 26.3 Å². The molecule has 0 aromatic heterocycles. The Balaban J connectivity index is 0.00000364. The molecule has 7 nitrogen and oxygen atoms in total. The molecule has 0 aliphatic carbocycles. The molecule has 1 atom stereocenters. The number of rotatable bonds is 10. The van der Waals surface area contributed by atoms with Gasteiger partial charge in [-0.05, 0) is 42.5 Å². The van der Waals surface area contributed by atoms with Gasteiger partial charge in [0.2, 0.25) is 5.91 Å². The van der Waals surface area contributed by atoms with Gasteiger partial charge >= 0.3 is 0 Å². The van der Waals surface area contributed by atoms with Gasteiger partial charge in [0.25, 0.3) is 0 Å². The van der Waals surface area contributed by atoms with E-state index >= 15 is 0 Å². The minimum absolute atomic E-state index is 0. The minimum Gasteiger partial charge on any atom is -1.00 e. The molecule has 1 amide bonds. The number of nitrogens with zero attached hydrogens (tertiary/aromatic N) is 1. The molecule has 0 saturated carbocycles. The summed E-state index contributed by atoms with van der Waals surface area (Å²) in [6.07, 6.45) is -0.629. The smallest absolute Gasteiger partial charge is 0.248 e. The van der Waals surface area contributed by atoms with Crippen molar-refractivity contribution in [2.24, 2.45) is 5.73 Å². The Morgan fingerprint density at radius 1 is 1.19 bits per heavy atom. The van der Waals surface area contributed by atoms with Crippen LogP contribution in [0.4, 0.5) is 0 Å². The molecule has 144 valence electrons. The molecule has 1 unspecified atom stereocenters. The van der Waals surface area contributed by atoms with Crippen molar-refractivity contribution >= 4 is 5.91 Å². The van der Waals surface area contributed by atoms with E-state index in [0.717, 1.165) is 0 Å². The van der Waals surface area contributed by atoms with Gasteiger partial charge in [-0.25, -0.2) is 0 Å². The van der Waals surface area contributed by atoms with Crippen LogP contribution in [0.5, 0.6) is 11.5 Å². The number of carbonyl (C=O) groups excluding carboxylic acids is 1. The molecule has 0 aliphatic rings. The first-order valence-electron chi connectivity index (χ1n) is 8.24. The van der Waals surface area contributed by atoms with E-state index in [9.17, 15) is 9.90 Å². The van der Waals surface area contributed by atoms with Crippen molar-refractivity contribution in [3.8, 4) is 17.6 Å². The third kappa shape index (κ3) is 7.96. The third-order valence-corrected chi connectivity index (χ3v) is 3.57. The van der Waals surface area contributed by atoms with Gasteiger partial charge in [0.1, 0.15) is 43.9 Å². The number of hydrogen-bond donors (Lipinski definition) is 3. The van der Waals surface area contributed by atoms with Gasteiger partial charge in [0.05, 0.1) is 11.6 Å². The summed E-state index contributed by atoms with van der Waals surface area (Å²) in [7, 11) is 0. The first-order chi connectivity index (χ1) is 12.6. The lowest BCUT2D eigenvalue weighted by molar-refractivity contribution is -0.661. The topological polar surface area (TPSA) is 122 Å². The zero-order chi connectivity index (χ0) is 18.8. The Morgan fingerprint density at radius 3 is 2.59 bits per heavy atom. The monoisotopic (exact) mass is 391 g/mol. The van der Waals surface area contributed by atoms with Crippen LogP contribution in [0.1, 0.15) is 15.9 Å². The van der Waals surface area contributed by atoms with Crippen LogP contribution < -0.4 is 32.9 Å². The van der Waals surface area contributed by atoms with Crippen LogP contribution in [0.3, 0.4) is 0 Å². The highest BCUT2D eigenvalue weighted by molar-refractivity contribution is 5.92. The van der Waals surface area contributed by atoms with Crippen molar-refractivity contribution in [3.63, 3.8) is 0 Å². The van der Waals surface area contributed by atoms with E-state index in [1.165, 1.54) is 0 Å². The zero-order valence-electron chi connectivity index (χ0n) is 14.7. The van der Waals surface area contributed by atoms with Crippen LogP contribution in [0.15, 0.2) is 48.5 Å². The van der Waals surface area contributed by atoms with Gasteiger partial charge in [-0.3, -0.25) is 4.79 Å². The third-order valence-electron chi connectivity index (χ3n) is 3.57. The quantitative estimate of drug-likeness (QED) is 0.374. The van der Waals surface area contributed by atoms with Crippen LogP contribution in [0, 0.1) is 11.3 Å².